The van der Waals surface area contributed by atoms with Crippen LogP contribution in [0.1, 0.15) is 17.1 Å². The van der Waals surface area contributed by atoms with Crippen molar-refractivity contribution in [1.82, 2.24) is 4.98 Å². The van der Waals surface area contributed by atoms with E-state index in [0.717, 1.165) is 5.01 Å². The molecule has 0 radical (unpaired) electrons. The van der Waals surface area contributed by atoms with Gasteiger partial charge < -0.3 is 9.64 Å². The Hall–Kier alpha value is -2.26. The van der Waals surface area contributed by atoms with Crippen LogP contribution in [0.25, 0.3) is 0 Å². The molecule has 0 bridgehead atoms. The second-order valence-corrected chi connectivity index (χ2v) is 9.64. The first-order valence-electron chi connectivity index (χ1n) is 8.48. The molecule has 0 aliphatic carbocycles. The Morgan fingerprint density at radius 1 is 1.30 bits per heavy atom. The molecule has 1 amide bonds. The number of anilines is 1. The Bertz CT molecular complexity index is 924. The molecule has 1 aromatic heterocycles. The Kier molecular flexibility index (Phi) is 5.91. The maximum Gasteiger partial charge on any atom is 0.312 e. The van der Waals surface area contributed by atoms with E-state index in [0.29, 0.717) is 17.8 Å². The lowest BCUT2D eigenvalue weighted by Gasteiger charge is -2.28. The third-order valence-corrected chi connectivity index (χ3v) is 6.80. The van der Waals surface area contributed by atoms with Gasteiger partial charge in [-0.25, -0.2) is 13.4 Å². The molecule has 3 rings (SSSR count). The van der Waals surface area contributed by atoms with Crippen LogP contribution in [0.4, 0.5) is 5.69 Å². The van der Waals surface area contributed by atoms with Crippen LogP contribution in [0.5, 0.6) is 0 Å². The predicted octanol–water partition coefficient (Wildman–Crippen LogP) is 1.76. The van der Waals surface area contributed by atoms with E-state index in [4.69, 9.17) is 4.74 Å². The number of rotatable bonds is 6. The SMILES string of the molecule is Cc1nc(CC(=O)OCC(=O)N(c2ccccc2)[C@H]2CCS(=O)(=O)C2)cs1. The van der Waals surface area contributed by atoms with E-state index in [9.17, 15) is 18.0 Å². The van der Waals surface area contributed by atoms with Crippen molar-refractivity contribution in [2.75, 3.05) is 23.0 Å². The van der Waals surface area contributed by atoms with Gasteiger partial charge in [-0.1, -0.05) is 18.2 Å². The van der Waals surface area contributed by atoms with Gasteiger partial charge in [-0.3, -0.25) is 9.59 Å². The van der Waals surface area contributed by atoms with Gasteiger partial charge in [-0.05, 0) is 25.5 Å². The Morgan fingerprint density at radius 2 is 2.04 bits per heavy atom. The smallest absolute Gasteiger partial charge is 0.312 e. The molecular formula is C18H20N2O5S2. The number of esters is 1. The zero-order valence-corrected chi connectivity index (χ0v) is 16.5. The third-order valence-electron chi connectivity index (χ3n) is 4.23. The molecule has 0 N–H and O–H groups in total. The summed E-state index contributed by atoms with van der Waals surface area (Å²) < 4.78 is 28.8. The number of aryl methyl sites for hydroxylation is 1. The van der Waals surface area contributed by atoms with E-state index in [1.54, 1.807) is 29.6 Å². The van der Waals surface area contributed by atoms with Crippen molar-refractivity contribution < 1.29 is 22.7 Å². The summed E-state index contributed by atoms with van der Waals surface area (Å²) in [5.41, 5.74) is 1.20. The van der Waals surface area contributed by atoms with Gasteiger partial charge in [0.2, 0.25) is 0 Å². The summed E-state index contributed by atoms with van der Waals surface area (Å²) in [6.07, 6.45) is 0.371. The molecule has 0 spiro atoms. The van der Waals surface area contributed by atoms with E-state index in [1.807, 2.05) is 13.0 Å². The summed E-state index contributed by atoms with van der Waals surface area (Å²) >= 11 is 1.44. The number of sulfone groups is 1. The maximum atomic E-state index is 12.7. The number of aromatic nitrogens is 1. The van der Waals surface area contributed by atoms with E-state index in [1.165, 1.54) is 16.2 Å². The second-order valence-electron chi connectivity index (χ2n) is 6.35. The van der Waals surface area contributed by atoms with Crippen LogP contribution in [0.2, 0.25) is 0 Å². The Labute approximate surface area is 161 Å². The molecule has 1 fully saturated rings. The number of hydrogen-bond acceptors (Lipinski definition) is 7. The molecule has 1 atom stereocenters. The lowest BCUT2D eigenvalue weighted by Crippen LogP contribution is -2.43. The highest BCUT2D eigenvalue weighted by atomic mass is 32.2. The molecule has 0 unspecified atom stereocenters. The Balaban J connectivity index is 1.67. The summed E-state index contributed by atoms with van der Waals surface area (Å²) in [5.74, 6) is -1.01. The van der Waals surface area contributed by atoms with Crippen LogP contribution < -0.4 is 4.90 Å². The van der Waals surface area contributed by atoms with Gasteiger partial charge in [-0.15, -0.1) is 11.3 Å². The van der Waals surface area contributed by atoms with Gasteiger partial charge in [0.05, 0.1) is 34.7 Å². The van der Waals surface area contributed by atoms with E-state index in [-0.39, 0.29) is 17.9 Å². The van der Waals surface area contributed by atoms with Crippen molar-refractivity contribution in [3.63, 3.8) is 0 Å². The standard InChI is InChI=1S/C18H20N2O5S2/c1-13-19-14(11-26-13)9-18(22)25-10-17(21)20(15-5-3-2-4-6-15)16-7-8-27(23,24)12-16/h2-6,11,16H,7-10,12H2,1H3/t16-/m0/s1. The minimum Gasteiger partial charge on any atom is -0.455 e. The van der Waals surface area contributed by atoms with E-state index >= 15 is 0 Å². The van der Waals surface area contributed by atoms with Gasteiger partial charge in [0.25, 0.3) is 5.91 Å². The largest absolute Gasteiger partial charge is 0.455 e. The number of nitrogens with zero attached hydrogens (tertiary/aromatic N) is 2. The van der Waals surface area contributed by atoms with Crippen LogP contribution in [0.3, 0.4) is 0 Å². The molecule has 1 saturated heterocycles. The molecular weight excluding hydrogens is 388 g/mol. The summed E-state index contributed by atoms with van der Waals surface area (Å²) in [7, 11) is -3.16. The van der Waals surface area contributed by atoms with E-state index in [2.05, 4.69) is 4.98 Å². The molecule has 0 saturated carbocycles. The number of ether oxygens (including phenoxy) is 1. The summed E-state index contributed by atoms with van der Waals surface area (Å²) in [5, 5.41) is 2.63. The van der Waals surface area contributed by atoms with Crippen LogP contribution in [-0.4, -0.2) is 49.4 Å². The number of benzene rings is 1. The average Bonchev–Trinajstić information content (AvgIpc) is 3.19. The Morgan fingerprint density at radius 3 is 2.63 bits per heavy atom. The highest BCUT2D eigenvalue weighted by Gasteiger charge is 2.35. The number of amides is 1. The summed E-state index contributed by atoms with van der Waals surface area (Å²) in [6.45, 7) is 1.41. The third kappa shape index (κ3) is 5.14. The lowest BCUT2D eigenvalue weighted by atomic mass is 10.2. The zero-order valence-electron chi connectivity index (χ0n) is 14.8. The van der Waals surface area contributed by atoms with Gasteiger partial charge in [0.1, 0.15) is 0 Å². The molecule has 1 aromatic carbocycles. The van der Waals surface area contributed by atoms with Crippen molar-refractivity contribution >= 4 is 38.7 Å². The van der Waals surface area contributed by atoms with Gasteiger partial charge in [0, 0.05) is 11.1 Å². The number of para-hydroxylation sites is 1. The van der Waals surface area contributed by atoms with Crippen molar-refractivity contribution in [1.29, 1.82) is 0 Å². The van der Waals surface area contributed by atoms with Gasteiger partial charge in [-0.2, -0.15) is 0 Å². The molecule has 144 valence electrons. The maximum absolute atomic E-state index is 12.7. The fraction of sp³-hybridized carbons (Fsp3) is 0.389. The summed E-state index contributed by atoms with van der Waals surface area (Å²) in [6, 6.07) is 8.38. The highest BCUT2D eigenvalue weighted by Crippen LogP contribution is 2.24. The minimum atomic E-state index is -3.16. The highest BCUT2D eigenvalue weighted by molar-refractivity contribution is 7.91. The monoisotopic (exact) mass is 408 g/mol. The van der Waals surface area contributed by atoms with Crippen LogP contribution in [-0.2, 0) is 30.6 Å². The van der Waals surface area contributed by atoms with E-state index < -0.39 is 34.4 Å². The minimum absolute atomic E-state index is 0.000759. The second kappa shape index (κ2) is 8.18. The van der Waals surface area contributed by atoms with Crippen LogP contribution in [0, 0.1) is 6.92 Å². The molecule has 1 aliphatic heterocycles. The first-order valence-corrected chi connectivity index (χ1v) is 11.2. The van der Waals surface area contributed by atoms with Crippen molar-refractivity contribution in [3.8, 4) is 0 Å². The molecule has 27 heavy (non-hydrogen) atoms. The number of carbonyl (C=O) groups is 2. The van der Waals surface area contributed by atoms with Crippen molar-refractivity contribution in [2.45, 2.75) is 25.8 Å². The van der Waals surface area contributed by atoms with Crippen molar-refractivity contribution in [3.05, 3.63) is 46.4 Å². The summed E-state index contributed by atoms with van der Waals surface area (Å²) in [4.78, 5) is 30.4. The molecule has 9 heteroatoms. The van der Waals surface area contributed by atoms with Crippen LogP contribution >= 0.6 is 11.3 Å². The first-order chi connectivity index (χ1) is 12.8. The van der Waals surface area contributed by atoms with Gasteiger partial charge in [0.15, 0.2) is 16.4 Å². The lowest BCUT2D eigenvalue weighted by molar-refractivity contribution is -0.147. The molecule has 2 heterocycles. The average molecular weight is 409 g/mol. The zero-order chi connectivity index (χ0) is 19.4. The van der Waals surface area contributed by atoms with Crippen LogP contribution in [0.15, 0.2) is 35.7 Å². The first kappa shape index (κ1) is 19.5. The quantitative estimate of drug-likeness (QED) is 0.676. The van der Waals surface area contributed by atoms with Crippen molar-refractivity contribution in [2.24, 2.45) is 0 Å². The molecule has 7 nitrogen and oxygen atoms in total. The fourth-order valence-electron chi connectivity index (χ4n) is 3.03. The number of hydrogen-bond donors (Lipinski definition) is 0. The molecule has 1 aliphatic rings. The fourth-order valence-corrected chi connectivity index (χ4v) is 5.34. The predicted molar refractivity (Wildman–Crippen MR) is 103 cm³/mol. The topological polar surface area (TPSA) is 93.6 Å². The normalized spacial score (nSPS) is 18.2. The van der Waals surface area contributed by atoms with Gasteiger partial charge >= 0.3 is 5.97 Å². The number of thiazole rings is 1. The number of carbonyl (C=O) groups excluding carboxylic acids is 2. The molecule has 2 aromatic rings.